The van der Waals surface area contributed by atoms with E-state index in [1.54, 1.807) is 12.1 Å². The maximum Gasteiger partial charge on any atom is 0.340 e. The molecule has 2 N–H and O–H groups in total. The average molecular weight is 284 g/mol. The van der Waals surface area contributed by atoms with Gasteiger partial charge in [0, 0.05) is 19.3 Å². The Hall–Kier alpha value is -2.49. The van der Waals surface area contributed by atoms with Crippen LogP contribution in [0, 0.1) is 6.92 Å². The first kappa shape index (κ1) is 14.9. The number of hydrogen-bond acceptors (Lipinski definition) is 4. The smallest absolute Gasteiger partial charge is 0.340 e. The molecule has 0 aromatic heterocycles. The van der Waals surface area contributed by atoms with E-state index in [-0.39, 0.29) is 5.97 Å². The Labute approximate surface area is 125 Å². The second-order valence-corrected chi connectivity index (χ2v) is 5.05. The van der Waals surface area contributed by atoms with Gasteiger partial charge in [0.15, 0.2) is 0 Å². The lowest BCUT2D eigenvalue weighted by Gasteiger charge is -2.23. The number of benzene rings is 2. The molecule has 110 valence electrons. The zero-order chi connectivity index (χ0) is 15.4. The predicted molar refractivity (Wildman–Crippen MR) is 85.5 cm³/mol. The third kappa shape index (κ3) is 3.34. The van der Waals surface area contributed by atoms with Gasteiger partial charge in [-0.1, -0.05) is 24.3 Å². The zero-order valence-corrected chi connectivity index (χ0v) is 12.6. The van der Waals surface area contributed by atoms with E-state index in [2.05, 4.69) is 19.1 Å². The molecular weight excluding hydrogens is 264 g/mol. The van der Waals surface area contributed by atoms with Gasteiger partial charge in [0.25, 0.3) is 0 Å². The lowest BCUT2D eigenvalue weighted by Crippen LogP contribution is -2.20. The minimum absolute atomic E-state index is 0.381. The number of esters is 1. The van der Waals surface area contributed by atoms with E-state index >= 15 is 0 Å². The summed E-state index contributed by atoms with van der Waals surface area (Å²) in [7, 11) is 3.32. The van der Waals surface area contributed by atoms with E-state index in [1.807, 2.05) is 30.1 Å². The van der Waals surface area contributed by atoms with Crippen LogP contribution >= 0.6 is 0 Å². The van der Waals surface area contributed by atoms with Gasteiger partial charge in [-0.05, 0) is 36.2 Å². The molecule has 0 aliphatic rings. The molecule has 0 spiro atoms. The Morgan fingerprint density at radius 3 is 2.62 bits per heavy atom. The van der Waals surface area contributed by atoms with Crippen molar-refractivity contribution in [1.29, 1.82) is 0 Å². The van der Waals surface area contributed by atoms with Gasteiger partial charge >= 0.3 is 5.97 Å². The fraction of sp³-hybridized carbons (Fsp3) is 0.235. The second kappa shape index (κ2) is 6.31. The molecule has 0 atom stereocenters. The predicted octanol–water partition coefficient (Wildman–Crippen LogP) is 3.00. The van der Waals surface area contributed by atoms with Crippen molar-refractivity contribution >= 4 is 17.3 Å². The number of nitrogens with two attached hydrogens (primary N) is 1. The third-order valence-corrected chi connectivity index (χ3v) is 3.51. The van der Waals surface area contributed by atoms with Crippen LogP contribution in [0.2, 0.25) is 0 Å². The zero-order valence-electron chi connectivity index (χ0n) is 12.6. The number of anilines is 2. The summed E-state index contributed by atoms with van der Waals surface area (Å²) in [5, 5.41) is 0. The number of ether oxygens (including phenoxy) is 1. The van der Waals surface area contributed by atoms with Gasteiger partial charge in [-0.2, -0.15) is 0 Å². The summed E-state index contributed by atoms with van der Waals surface area (Å²) in [5.41, 5.74) is 10.0. The number of nitrogen functional groups attached to an aromatic ring is 1. The first-order valence-corrected chi connectivity index (χ1v) is 6.76. The highest BCUT2D eigenvalue weighted by Crippen LogP contribution is 2.25. The van der Waals surface area contributed by atoms with Crippen LogP contribution in [0.25, 0.3) is 0 Å². The summed E-state index contributed by atoms with van der Waals surface area (Å²) >= 11 is 0. The van der Waals surface area contributed by atoms with Crippen LogP contribution in [-0.4, -0.2) is 20.1 Å². The van der Waals surface area contributed by atoms with Crippen LogP contribution in [0.15, 0.2) is 42.5 Å². The topological polar surface area (TPSA) is 55.6 Å². The lowest BCUT2D eigenvalue weighted by molar-refractivity contribution is 0.0601. The largest absolute Gasteiger partial charge is 0.465 e. The van der Waals surface area contributed by atoms with Gasteiger partial charge in [0.05, 0.1) is 18.4 Å². The highest BCUT2D eigenvalue weighted by Gasteiger charge is 2.16. The van der Waals surface area contributed by atoms with Crippen LogP contribution in [0.1, 0.15) is 21.5 Å². The Morgan fingerprint density at radius 2 is 1.95 bits per heavy atom. The van der Waals surface area contributed by atoms with Crippen LogP contribution in [0.5, 0.6) is 0 Å². The molecule has 0 aliphatic carbocycles. The Kier molecular flexibility index (Phi) is 4.48. The molecule has 0 aliphatic heterocycles. The fourth-order valence-corrected chi connectivity index (χ4v) is 2.29. The minimum atomic E-state index is -0.381. The first-order chi connectivity index (χ1) is 10.0. The summed E-state index contributed by atoms with van der Waals surface area (Å²) in [5.74, 6) is -0.381. The van der Waals surface area contributed by atoms with Crippen molar-refractivity contribution < 1.29 is 9.53 Å². The number of rotatable bonds is 4. The highest BCUT2D eigenvalue weighted by molar-refractivity contribution is 5.96. The van der Waals surface area contributed by atoms with Gasteiger partial charge in [-0.15, -0.1) is 0 Å². The van der Waals surface area contributed by atoms with Crippen LogP contribution in [0.3, 0.4) is 0 Å². The molecule has 4 heteroatoms. The Bertz CT molecular complexity index is 653. The number of carbonyl (C=O) groups excluding carboxylic acids is 1. The van der Waals surface area contributed by atoms with Gasteiger partial charge in [-0.25, -0.2) is 4.79 Å². The van der Waals surface area contributed by atoms with Gasteiger partial charge in [-0.3, -0.25) is 0 Å². The van der Waals surface area contributed by atoms with Crippen LogP contribution < -0.4 is 10.6 Å². The molecule has 2 aromatic carbocycles. The molecular formula is C17H20N2O2. The molecule has 0 unspecified atom stereocenters. The van der Waals surface area contributed by atoms with Gasteiger partial charge in [0.1, 0.15) is 0 Å². The van der Waals surface area contributed by atoms with E-state index < -0.39 is 0 Å². The summed E-state index contributed by atoms with van der Waals surface area (Å²) in [6, 6.07) is 13.5. The van der Waals surface area contributed by atoms with Crippen molar-refractivity contribution in [3.05, 3.63) is 59.2 Å². The SMILES string of the molecule is COC(=O)c1cc(N)ccc1N(C)Cc1ccccc1C. The molecule has 4 nitrogen and oxygen atoms in total. The van der Waals surface area contributed by atoms with Crippen molar-refractivity contribution in [3.8, 4) is 0 Å². The van der Waals surface area contributed by atoms with E-state index in [0.29, 0.717) is 17.8 Å². The molecule has 0 saturated carbocycles. The number of methoxy groups -OCH3 is 1. The summed E-state index contributed by atoms with van der Waals surface area (Å²) < 4.78 is 4.83. The number of hydrogen-bond donors (Lipinski definition) is 1. The number of nitrogens with zero attached hydrogens (tertiary/aromatic N) is 1. The molecule has 0 saturated heterocycles. The molecule has 0 amide bonds. The second-order valence-electron chi connectivity index (χ2n) is 5.05. The number of aryl methyl sites for hydroxylation is 1. The standard InChI is InChI=1S/C17H20N2O2/c1-12-6-4-5-7-13(12)11-19(2)16-9-8-14(18)10-15(16)17(20)21-3/h4-10H,11,18H2,1-3H3. The normalized spacial score (nSPS) is 10.2. The van der Waals surface area contributed by atoms with Crippen molar-refractivity contribution in [2.24, 2.45) is 0 Å². The van der Waals surface area contributed by atoms with E-state index in [9.17, 15) is 4.79 Å². The molecule has 21 heavy (non-hydrogen) atoms. The monoisotopic (exact) mass is 284 g/mol. The first-order valence-electron chi connectivity index (χ1n) is 6.76. The number of carbonyl (C=O) groups is 1. The van der Waals surface area contributed by atoms with Crippen molar-refractivity contribution in [1.82, 2.24) is 0 Å². The third-order valence-electron chi connectivity index (χ3n) is 3.51. The van der Waals surface area contributed by atoms with Gasteiger partial charge in [0.2, 0.25) is 0 Å². The average Bonchev–Trinajstić information content (AvgIpc) is 2.48. The van der Waals surface area contributed by atoms with E-state index in [1.165, 1.54) is 18.2 Å². The van der Waals surface area contributed by atoms with Crippen LogP contribution in [0.4, 0.5) is 11.4 Å². The van der Waals surface area contributed by atoms with E-state index in [0.717, 1.165) is 5.69 Å². The Morgan fingerprint density at radius 1 is 1.24 bits per heavy atom. The summed E-state index contributed by atoms with van der Waals surface area (Å²) in [4.78, 5) is 13.9. The quantitative estimate of drug-likeness (QED) is 0.692. The molecule has 2 rings (SSSR count). The molecule has 0 fully saturated rings. The molecule has 0 bridgehead atoms. The molecule has 0 radical (unpaired) electrons. The maximum absolute atomic E-state index is 11.9. The van der Waals surface area contributed by atoms with Gasteiger partial charge < -0.3 is 15.4 Å². The maximum atomic E-state index is 11.9. The van der Waals surface area contributed by atoms with Crippen molar-refractivity contribution in [3.63, 3.8) is 0 Å². The highest BCUT2D eigenvalue weighted by atomic mass is 16.5. The summed E-state index contributed by atoms with van der Waals surface area (Å²) in [6.45, 7) is 2.79. The fourth-order valence-electron chi connectivity index (χ4n) is 2.29. The van der Waals surface area contributed by atoms with Crippen molar-refractivity contribution in [2.75, 3.05) is 24.8 Å². The Balaban J connectivity index is 2.33. The molecule has 0 heterocycles. The molecule has 2 aromatic rings. The summed E-state index contributed by atoms with van der Waals surface area (Å²) in [6.07, 6.45) is 0. The minimum Gasteiger partial charge on any atom is -0.465 e. The van der Waals surface area contributed by atoms with E-state index in [4.69, 9.17) is 10.5 Å². The van der Waals surface area contributed by atoms with Crippen molar-refractivity contribution in [2.45, 2.75) is 13.5 Å². The van der Waals surface area contributed by atoms with Crippen LogP contribution in [-0.2, 0) is 11.3 Å². The lowest BCUT2D eigenvalue weighted by atomic mass is 10.1.